The predicted octanol–water partition coefficient (Wildman–Crippen LogP) is 1.01. The third kappa shape index (κ3) is 3.58. The molecule has 2 saturated heterocycles. The second kappa shape index (κ2) is 6.55. The lowest BCUT2D eigenvalue weighted by Gasteiger charge is -2.25. The smallest absolute Gasteiger partial charge is 0.230 e. The molecule has 4 heteroatoms. The first-order valence-corrected chi connectivity index (χ1v) is 6.78. The molecule has 2 aliphatic heterocycles. The second-order valence-electron chi connectivity index (χ2n) is 4.88. The van der Waals surface area contributed by atoms with E-state index in [1.54, 1.807) is 0 Å². The van der Waals surface area contributed by atoms with Crippen LogP contribution in [0.3, 0.4) is 0 Å². The molecular weight excluding hydrogens is 228 g/mol. The van der Waals surface area contributed by atoms with Crippen LogP contribution in [-0.2, 0) is 9.59 Å². The van der Waals surface area contributed by atoms with Crippen LogP contribution in [0.4, 0.5) is 0 Å². The number of carbonyl (C=O) groups is 2. The minimum Gasteiger partial charge on any atom is -0.302 e. The first kappa shape index (κ1) is 13.1. The molecule has 2 amide bonds. The summed E-state index contributed by atoms with van der Waals surface area (Å²) in [4.78, 5) is 26.4. The fraction of sp³-hybridized carbons (Fsp3) is 0.714. The quantitative estimate of drug-likeness (QED) is 0.553. The number of amides is 2. The van der Waals surface area contributed by atoms with Gasteiger partial charge in [0.1, 0.15) is 0 Å². The first-order valence-electron chi connectivity index (χ1n) is 6.78. The summed E-state index contributed by atoms with van der Waals surface area (Å²) >= 11 is 0. The lowest BCUT2D eigenvalue weighted by molar-refractivity contribution is -0.137. The number of piperidine rings is 1. The van der Waals surface area contributed by atoms with Crippen LogP contribution < -0.4 is 0 Å². The molecule has 18 heavy (non-hydrogen) atoms. The van der Waals surface area contributed by atoms with Gasteiger partial charge >= 0.3 is 0 Å². The Labute approximate surface area is 108 Å². The fourth-order valence-corrected chi connectivity index (χ4v) is 2.42. The summed E-state index contributed by atoms with van der Waals surface area (Å²) in [5, 5.41) is 0. The highest BCUT2D eigenvalue weighted by Gasteiger charge is 2.27. The summed E-state index contributed by atoms with van der Waals surface area (Å²) in [5.74, 6) is 5.84. The van der Waals surface area contributed by atoms with Crippen molar-refractivity contribution in [3.05, 3.63) is 0 Å². The van der Waals surface area contributed by atoms with Crippen LogP contribution in [0.2, 0.25) is 0 Å². The molecule has 2 heterocycles. The monoisotopic (exact) mass is 248 g/mol. The summed E-state index contributed by atoms with van der Waals surface area (Å²) in [6.45, 7) is 3.65. The molecule has 0 aliphatic carbocycles. The minimum atomic E-state index is -0.0784. The lowest BCUT2D eigenvalue weighted by Crippen LogP contribution is -2.30. The van der Waals surface area contributed by atoms with Crippen LogP contribution in [0, 0.1) is 11.8 Å². The summed E-state index contributed by atoms with van der Waals surface area (Å²) < 4.78 is 0. The molecule has 0 atom stereocenters. The maximum Gasteiger partial charge on any atom is 0.230 e. The number of likely N-dealkylation sites (tertiary alicyclic amines) is 2. The van der Waals surface area contributed by atoms with Gasteiger partial charge in [0.15, 0.2) is 0 Å². The van der Waals surface area contributed by atoms with Gasteiger partial charge in [0, 0.05) is 25.8 Å². The van der Waals surface area contributed by atoms with Crippen molar-refractivity contribution in [1.82, 2.24) is 9.80 Å². The van der Waals surface area contributed by atoms with Gasteiger partial charge in [0.2, 0.25) is 11.8 Å². The molecule has 0 aromatic carbocycles. The van der Waals surface area contributed by atoms with Gasteiger partial charge in [-0.2, -0.15) is 0 Å². The molecule has 0 N–H and O–H groups in total. The van der Waals surface area contributed by atoms with E-state index in [9.17, 15) is 9.59 Å². The SMILES string of the molecule is O=C1CCC(=O)N1CC#CCCN1CCCCC1. The average molecular weight is 248 g/mol. The predicted molar refractivity (Wildman–Crippen MR) is 68.6 cm³/mol. The van der Waals surface area contributed by atoms with Crippen LogP contribution >= 0.6 is 0 Å². The van der Waals surface area contributed by atoms with Gasteiger partial charge in [-0.25, -0.2) is 0 Å². The van der Waals surface area contributed by atoms with Crippen molar-refractivity contribution < 1.29 is 9.59 Å². The molecule has 0 radical (unpaired) electrons. The average Bonchev–Trinajstić information content (AvgIpc) is 2.71. The van der Waals surface area contributed by atoms with Crippen molar-refractivity contribution in [3.63, 3.8) is 0 Å². The summed E-state index contributed by atoms with van der Waals surface area (Å²) in [7, 11) is 0. The highest BCUT2D eigenvalue weighted by Crippen LogP contribution is 2.10. The van der Waals surface area contributed by atoms with E-state index in [0.29, 0.717) is 12.8 Å². The van der Waals surface area contributed by atoms with E-state index in [2.05, 4.69) is 16.7 Å². The standard InChI is InChI=1S/C14H20N2O2/c17-13-7-8-14(18)16(13)12-6-2-5-11-15-9-3-1-4-10-15/h1,3-5,7-12H2. The van der Waals surface area contributed by atoms with E-state index in [4.69, 9.17) is 0 Å². The number of imide groups is 1. The Balaban J connectivity index is 1.66. The molecule has 0 aromatic heterocycles. The minimum absolute atomic E-state index is 0.0784. The molecule has 98 valence electrons. The van der Waals surface area contributed by atoms with E-state index in [1.807, 2.05) is 0 Å². The number of hydrogen-bond donors (Lipinski definition) is 0. The van der Waals surface area contributed by atoms with Crippen LogP contribution in [0.1, 0.15) is 38.5 Å². The fourth-order valence-electron chi connectivity index (χ4n) is 2.42. The summed E-state index contributed by atoms with van der Waals surface area (Å²) in [5.41, 5.74) is 0. The Kier molecular flexibility index (Phi) is 4.77. The zero-order valence-electron chi connectivity index (χ0n) is 10.8. The van der Waals surface area contributed by atoms with Crippen LogP contribution in [-0.4, -0.2) is 47.8 Å². The zero-order chi connectivity index (χ0) is 12.8. The van der Waals surface area contributed by atoms with Crippen LogP contribution in [0.25, 0.3) is 0 Å². The third-order valence-corrected chi connectivity index (χ3v) is 3.52. The number of nitrogens with zero attached hydrogens (tertiary/aromatic N) is 2. The normalized spacial score (nSPS) is 21.0. The molecule has 0 saturated carbocycles. The molecule has 2 aliphatic rings. The Morgan fingerprint density at radius 2 is 1.61 bits per heavy atom. The molecule has 4 nitrogen and oxygen atoms in total. The third-order valence-electron chi connectivity index (χ3n) is 3.52. The Morgan fingerprint density at radius 1 is 0.944 bits per heavy atom. The molecule has 2 fully saturated rings. The molecule has 2 rings (SSSR count). The molecule has 0 aromatic rings. The highest BCUT2D eigenvalue weighted by molar-refractivity contribution is 6.02. The van der Waals surface area contributed by atoms with Crippen molar-refractivity contribution >= 4 is 11.8 Å². The summed E-state index contributed by atoms with van der Waals surface area (Å²) in [6, 6.07) is 0. The van der Waals surface area contributed by atoms with E-state index < -0.39 is 0 Å². The first-order chi connectivity index (χ1) is 8.77. The van der Waals surface area contributed by atoms with Gasteiger partial charge in [-0.3, -0.25) is 14.5 Å². The zero-order valence-corrected chi connectivity index (χ0v) is 10.8. The maximum absolute atomic E-state index is 11.3. The molecule has 0 bridgehead atoms. The van der Waals surface area contributed by atoms with Crippen molar-refractivity contribution in [2.24, 2.45) is 0 Å². The van der Waals surface area contributed by atoms with Gasteiger partial charge in [-0.15, -0.1) is 5.92 Å². The molecular formula is C14H20N2O2. The summed E-state index contributed by atoms with van der Waals surface area (Å²) in [6.07, 6.45) is 5.48. The number of rotatable bonds is 3. The van der Waals surface area contributed by atoms with Crippen molar-refractivity contribution in [2.75, 3.05) is 26.2 Å². The van der Waals surface area contributed by atoms with Gasteiger partial charge in [0.05, 0.1) is 6.54 Å². The lowest BCUT2D eigenvalue weighted by atomic mass is 10.1. The second-order valence-corrected chi connectivity index (χ2v) is 4.88. The Morgan fingerprint density at radius 3 is 2.28 bits per heavy atom. The topological polar surface area (TPSA) is 40.6 Å². The molecule has 0 spiro atoms. The van der Waals surface area contributed by atoms with Crippen molar-refractivity contribution in [2.45, 2.75) is 38.5 Å². The van der Waals surface area contributed by atoms with E-state index in [0.717, 1.165) is 13.0 Å². The highest BCUT2D eigenvalue weighted by atomic mass is 16.2. The number of hydrogen-bond acceptors (Lipinski definition) is 3. The van der Waals surface area contributed by atoms with Gasteiger partial charge in [0.25, 0.3) is 0 Å². The maximum atomic E-state index is 11.3. The van der Waals surface area contributed by atoms with E-state index in [1.165, 1.54) is 37.3 Å². The number of carbonyl (C=O) groups excluding carboxylic acids is 2. The van der Waals surface area contributed by atoms with Crippen LogP contribution in [0.5, 0.6) is 0 Å². The van der Waals surface area contributed by atoms with Crippen molar-refractivity contribution in [3.8, 4) is 11.8 Å². The van der Waals surface area contributed by atoms with E-state index in [-0.39, 0.29) is 18.4 Å². The van der Waals surface area contributed by atoms with Crippen LogP contribution in [0.15, 0.2) is 0 Å². The van der Waals surface area contributed by atoms with Gasteiger partial charge < -0.3 is 4.90 Å². The molecule has 0 unspecified atom stereocenters. The van der Waals surface area contributed by atoms with Gasteiger partial charge in [-0.05, 0) is 25.9 Å². The van der Waals surface area contributed by atoms with E-state index >= 15 is 0 Å². The Bertz CT molecular complexity index is 359. The Hall–Kier alpha value is -1.34. The van der Waals surface area contributed by atoms with Gasteiger partial charge in [-0.1, -0.05) is 12.3 Å². The van der Waals surface area contributed by atoms with Crippen molar-refractivity contribution in [1.29, 1.82) is 0 Å². The largest absolute Gasteiger partial charge is 0.302 e.